The topological polar surface area (TPSA) is 49.3 Å². The third kappa shape index (κ3) is 4.66. The molecular formula is C13H18FNO2S. The number of aliphatic hydroxyl groups excluding tert-OH is 1. The van der Waals surface area contributed by atoms with E-state index in [9.17, 15) is 14.3 Å². The van der Waals surface area contributed by atoms with E-state index in [1.807, 2.05) is 6.92 Å². The van der Waals surface area contributed by atoms with Crippen molar-refractivity contribution in [3.8, 4) is 0 Å². The van der Waals surface area contributed by atoms with Crippen molar-refractivity contribution in [1.82, 2.24) is 5.32 Å². The van der Waals surface area contributed by atoms with Gasteiger partial charge in [0, 0.05) is 4.90 Å². The van der Waals surface area contributed by atoms with E-state index >= 15 is 0 Å². The summed E-state index contributed by atoms with van der Waals surface area (Å²) in [4.78, 5) is 12.5. The number of carbonyl (C=O) groups excluding carboxylic acids is 1. The number of rotatable bonds is 6. The SMILES string of the molecule is CCC(C)(CO)NC(=O)CSc1ccc(F)cc1. The van der Waals surface area contributed by atoms with Crippen LogP contribution in [0.15, 0.2) is 29.2 Å². The van der Waals surface area contributed by atoms with E-state index in [4.69, 9.17) is 0 Å². The Morgan fingerprint density at radius 3 is 2.56 bits per heavy atom. The van der Waals surface area contributed by atoms with Gasteiger partial charge < -0.3 is 10.4 Å². The van der Waals surface area contributed by atoms with Gasteiger partial charge in [-0.3, -0.25) is 4.79 Å². The van der Waals surface area contributed by atoms with E-state index in [-0.39, 0.29) is 24.1 Å². The fourth-order valence-electron chi connectivity index (χ4n) is 1.29. The highest BCUT2D eigenvalue weighted by Gasteiger charge is 2.22. The van der Waals surface area contributed by atoms with Gasteiger partial charge in [-0.25, -0.2) is 4.39 Å². The van der Waals surface area contributed by atoms with Crippen LogP contribution in [0.5, 0.6) is 0 Å². The molecule has 0 fully saturated rings. The zero-order valence-electron chi connectivity index (χ0n) is 10.6. The van der Waals surface area contributed by atoms with Gasteiger partial charge in [0.15, 0.2) is 0 Å². The van der Waals surface area contributed by atoms with Crippen molar-refractivity contribution in [3.05, 3.63) is 30.1 Å². The first kappa shape index (κ1) is 15.0. The normalized spacial score (nSPS) is 14.0. The summed E-state index contributed by atoms with van der Waals surface area (Å²) >= 11 is 1.34. The van der Waals surface area contributed by atoms with Crippen LogP contribution >= 0.6 is 11.8 Å². The molecule has 0 heterocycles. The second-order valence-corrected chi connectivity index (χ2v) is 5.41. The zero-order chi connectivity index (χ0) is 13.6. The Balaban J connectivity index is 2.44. The highest BCUT2D eigenvalue weighted by molar-refractivity contribution is 8.00. The van der Waals surface area contributed by atoms with E-state index in [1.54, 1.807) is 19.1 Å². The number of nitrogens with one attached hydrogen (secondary N) is 1. The van der Waals surface area contributed by atoms with Crippen LogP contribution in [-0.4, -0.2) is 28.9 Å². The Kier molecular flexibility index (Phi) is 5.62. The molecule has 0 radical (unpaired) electrons. The molecule has 1 atom stereocenters. The summed E-state index contributed by atoms with van der Waals surface area (Å²) in [6.45, 7) is 3.62. The van der Waals surface area contributed by atoms with Crippen LogP contribution in [0.1, 0.15) is 20.3 Å². The lowest BCUT2D eigenvalue weighted by Crippen LogP contribution is -2.49. The molecule has 0 aliphatic heterocycles. The van der Waals surface area contributed by atoms with E-state index in [0.29, 0.717) is 6.42 Å². The minimum absolute atomic E-state index is 0.0869. The number of aliphatic hydroxyl groups is 1. The summed E-state index contributed by atoms with van der Waals surface area (Å²) in [5, 5.41) is 12.0. The van der Waals surface area contributed by atoms with Crippen LogP contribution < -0.4 is 5.32 Å². The minimum atomic E-state index is -0.569. The molecule has 5 heteroatoms. The van der Waals surface area contributed by atoms with Crippen molar-refractivity contribution in [2.75, 3.05) is 12.4 Å². The van der Waals surface area contributed by atoms with Gasteiger partial charge in [0.25, 0.3) is 0 Å². The predicted molar refractivity (Wildman–Crippen MR) is 71.0 cm³/mol. The minimum Gasteiger partial charge on any atom is -0.394 e. The summed E-state index contributed by atoms with van der Waals surface area (Å²) in [6, 6.07) is 6.00. The highest BCUT2D eigenvalue weighted by Crippen LogP contribution is 2.18. The molecule has 18 heavy (non-hydrogen) atoms. The van der Waals surface area contributed by atoms with Crippen molar-refractivity contribution >= 4 is 17.7 Å². The van der Waals surface area contributed by atoms with Gasteiger partial charge >= 0.3 is 0 Å². The van der Waals surface area contributed by atoms with E-state index in [1.165, 1.54) is 23.9 Å². The average Bonchev–Trinajstić information content (AvgIpc) is 2.38. The molecule has 1 aromatic carbocycles. The maximum atomic E-state index is 12.7. The molecule has 0 bridgehead atoms. The van der Waals surface area contributed by atoms with Crippen molar-refractivity contribution in [3.63, 3.8) is 0 Å². The lowest BCUT2D eigenvalue weighted by Gasteiger charge is -2.27. The second kappa shape index (κ2) is 6.75. The molecule has 1 rings (SSSR count). The molecule has 0 saturated heterocycles. The lowest BCUT2D eigenvalue weighted by molar-refractivity contribution is -0.120. The maximum Gasteiger partial charge on any atom is 0.230 e. The number of hydrogen-bond acceptors (Lipinski definition) is 3. The van der Waals surface area contributed by atoms with Gasteiger partial charge in [-0.2, -0.15) is 0 Å². The highest BCUT2D eigenvalue weighted by atomic mass is 32.2. The Morgan fingerprint density at radius 1 is 1.44 bits per heavy atom. The molecular weight excluding hydrogens is 253 g/mol. The lowest BCUT2D eigenvalue weighted by atomic mass is 10.0. The monoisotopic (exact) mass is 271 g/mol. The van der Waals surface area contributed by atoms with E-state index in [0.717, 1.165) is 4.90 Å². The van der Waals surface area contributed by atoms with Crippen LogP contribution in [0.2, 0.25) is 0 Å². The van der Waals surface area contributed by atoms with Gasteiger partial charge in [-0.1, -0.05) is 6.92 Å². The predicted octanol–water partition coefficient (Wildman–Crippen LogP) is 2.20. The number of benzene rings is 1. The van der Waals surface area contributed by atoms with Crippen LogP contribution in [-0.2, 0) is 4.79 Å². The molecule has 2 N–H and O–H groups in total. The van der Waals surface area contributed by atoms with Crippen LogP contribution in [0, 0.1) is 5.82 Å². The van der Waals surface area contributed by atoms with Gasteiger partial charge in [0.1, 0.15) is 5.82 Å². The number of amides is 1. The molecule has 0 aromatic heterocycles. The summed E-state index contributed by atoms with van der Waals surface area (Å²) in [7, 11) is 0. The number of hydrogen-bond donors (Lipinski definition) is 2. The van der Waals surface area contributed by atoms with Gasteiger partial charge in [-0.15, -0.1) is 11.8 Å². The summed E-state index contributed by atoms with van der Waals surface area (Å²) < 4.78 is 12.7. The quantitative estimate of drug-likeness (QED) is 0.780. The van der Waals surface area contributed by atoms with Gasteiger partial charge in [0.05, 0.1) is 17.9 Å². The summed E-state index contributed by atoms with van der Waals surface area (Å²) in [6.07, 6.45) is 0.663. The molecule has 1 amide bonds. The molecule has 1 aromatic rings. The first-order valence-electron chi connectivity index (χ1n) is 5.79. The van der Waals surface area contributed by atoms with Crippen LogP contribution in [0.25, 0.3) is 0 Å². The standard InChI is InChI=1S/C13H18FNO2S/c1-3-13(2,9-16)15-12(17)8-18-11-6-4-10(14)5-7-11/h4-7,16H,3,8-9H2,1-2H3,(H,15,17). The summed E-state index contributed by atoms with van der Waals surface area (Å²) in [5.41, 5.74) is -0.569. The Labute approximate surface area is 111 Å². The van der Waals surface area contributed by atoms with Crippen molar-refractivity contribution in [2.45, 2.75) is 30.7 Å². The fourth-order valence-corrected chi connectivity index (χ4v) is 1.99. The fraction of sp³-hybridized carbons (Fsp3) is 0.462. The van der Waals surface area contributed by atoms with Crippen LogP contribution in [0.4, 0.5) is 4.39 Å². The Morgan fingerprint density at radius 2 is 2.06 bits per heavy atom. The van der Waals surface area contributed by atoms with Crippen molar-refractivity contribution in [1.29, 1.82) is 0 Å². The maximum absolute atomic E-state index is 12.7. The van der Waals surface area contributed by atoms with E-state index < -0.39 is 5.54 Å². The van der Waals surface area contributed by atoms with Crippen molar-refractivity contribution in [2.24, 2.45) is 0 Å². The Hall–Kier alpha value is -1.07. The van der Waals surface area contributed by atoms with Gasteiger partial charge in [-0.05, 0) is 37.6 Å². The third-order valence-corrected chi connectivity index (χ3v) is 3.77. The summed E-state index contributed by atoms with van der Waals surface area (Å²) in [5.74, 6) is -0.174. The molecule has 0 spiro atoms. The molecule has 0 aliphatic carbocycles. The first-order chi connectivity index (χ1) is 8.49. The number of halogens is 1. The molecule has 0 aliphatic rings. The third-order valence-electron chi connectivity index (χ3n) is 2.75. The molecule has 0 saturated carbocycles. The number of carbonyl (C=O) groups is 1. The van der Waals surface area contributed by atoms with E-state index in [2.05, 4.69) is 5.32 Å². The largest absolute Gasteiger partial charge is 0.394 e. The molecule has 3 nitrogen and oxygen atoms in total. The van der Waals surface area contributed by atoms with Gasteiger partial charge in [0.2, 0.25) is 5.91 Å². The number of thioether (sulfide) groups is 1. The zero-order valence-corrected chi connectivity index (χ0v) is 11.4. The molecule has 1 unspecified atom stereocenters. The first-order valence-corrected chi connectivity index (χ1v) is 6.78. The molecule has 100 valence electrons. The van der Waals surface area contributed by atoms with Crippen LogP contribution in [0.3, 0.4) is 0 Å². The smallest absolute Gasteiger partial charge is 0.230 e. The average molecular weight is 271 g/mol. The Bertz CT molecular complexity index is 390. The van der Waals surface area contributed by atoms with Crippen molar-refractivity contribution < 1.29 is 14.3 Å². The second-order valence-electron chi connectivity index (χ2n) is 4.36.